The van der Waals surface area contributed by atoms with Crippen molar-refractivity contribution in [3.63, 3.8) is 0 Å². The monoisotopic (exact) mass is 192 g/mol. The van der Waals surface area contributed by atoms with Gasteiger partial charge < -0.3 is 4.74 Å². The molecule has 0 aromatic carbocycles. The third kappa shape index (κ3) is 0.995. The minimum absolute atomic E-state index is 0.181. The van der Waals surface area contributed by atoms with Crippen molar-refractivity contribution in [2.75, 3.05) is 0 Å². The fourth-order valence-electron chi connectivity index (χ4n) is 3.91. The Morgan fingerprint density at radius 1 is 1.36 bits per heavy atom. The molecule has 1 spiro atoms. The van der Waals surface area contributed by atoms with Gasteiger partial charge in [-0.2, -0.15) is 0 Å². The molecule has 1 saturated heterocycles. The molecule has 0 amide bonds. The molecule has 1 saturated carbocycles. The van der Waals surface area contributed by atoms with Crippen LogP contribution in [0.2, 0.25) is 0 Å². The molecule has 3 rings (SSSR count). The van der Waals surface area contributed by atoms with Crippen LogP contribution >= 0.6 is 0 Å². The molecule has 1 nitrogen and oxygen atoms in total. The lowest BCUT2D eigenvalue weighted by molar-refractivity contribution is -0.0508. The highest BCUT2D eigenvalue weighted by molar-refractivity contribution is 5.24. The maximum Gasteiger partial charge on any atom is 0.0924 e. The number of hydrogen-bond acceptors (Lipinski definition) is 1. The standard InChI is InChI=1S/C13H20O/c1-9-4-3-5-12-7-6-11-8-13(9,12)14-10(11)2/h4,10-12H,3,5-8H2,1-2H3. The minimum atomic E-state index is 0.181. The number of hydrogen-bond donors (Lipinski definition) is 0. The second-order valence-corrected chi connectivity index (χ2v) is 5.42. The van der Waals surface area contributed by atoms with Gasteiger partial charge in [-0.3, -0.25) is 0 Å². The van der Waals surface area contributed by atoms with Crippen LogP contribution in [-0.4, -0.2) is 11.7 Å². The van der Waals surface area contributed by atoms with E-state index < -0.39 is 0 Å². The lowest BCUT2D eigenvalue weighted by Gasteiger charge is -2.43. The molecule has 4 atom stereocenters. The summed E-state index contributed by atoms with van der Waals surface area (Å²) in [5.74, 6) is 1.67. The van der Waals surface area contributed by atoms with E-state index in [0.29, 0.717) is 6.10 Å². The molecule has 2 bridgehead atoms. The van der Waals surface area contributed by atoms with Crippen molar-refractivity contribution >= 4 is 0 Å². The zero-order chi connectivity index (χ0) is 9.76. The number of rotatable bonds is 0. The van der Waals surface area contributed by atoms with Crippen molar-refractivity contribution in [3.05, 3.63) is 11.6 Å². The van der Waals surface area contributed by atoms with E-state index in [1.165, 1.54) is 37.7 Å². The molecule has 0 N–H and O–H groups in total. The Morgan fingerprint density at radius 3 is 3.07 bits per heavy atom. The van der Waals surface area contributed by atoms with E-state index in [1.807, 2.05) is 0 Å². The van der Waals surface area contributed by atoms with E-state index in [9.17, 15) is 0 Å². The molecule has 3 aliphatic rings. The van der Waals surface area contributed by atoms with Crippen LogP contribution in [0.5, 0.6) is 0 Å². The Bertz CT molecular complexity index is 277. The zero-order valence-corrected chi connectivity index (χ0v) is 9.25. The van der Waals surface area contributed by atoms with Gasteiger partial charge in [0.15, 0.2) is 0 Å². The van der Waals surface area contributed by atoms with Gasteiger partial charge in [0.25, 0.3) is 0 Å². The molecule has 4 unspecified atom stereocenters. The lowest BCUT2D eigenvalue weighted by atomic mass is 9.65. The van der Waals surface area contributed by atoms with E-state index >= 15 is 0 Å². The van der Waals surface area contributed by atoms with Crippen molar-refractivity contribution in [1.29, 1.82) is 0 Å². The molecular formula is C13H20O. The van der Waals surface area contributed by atoms with Crippen molar-refractivity contribution < 1.29 is 4.74 Å². The SMILES string of the molecule is CC1=CCCC2CCC3CC12OC3C. The lowest BCUT2D eigenvalue weighted by Crippen LogP contribution is -2.42. The van der Waals surface area contributed by atoms with Gasteiger partial charge in [-0.25, -0.2) is 0 Å². The van der Waals surface area contributed by atoms with Crippen molar-refractivity contribution in [1.82, 2.24) is 0 Å². The van der Waals surface area contributed by atoms with Gasteiger partial charge in [-0.1, -0.05) is 6.08 Å². The maximum absolute atomic E-state index is 6.32. The summed E-state index contributed by atoms with van der Waals surface area (Å²) in [6.07, 6.45) is 9.66. The fourth-order valence-corrected chi connectivity index (χ4v) is 3.91. The molecule has 1 heterocycles. The molecule has 0 radical (unpaired) electrons. The second-order valence-electron chi connectivity index (χ2n) is 5.42. The average Bonchev–Trinajstić information content (AvgIpc) is 2.43. The van der Waals surface area contributed by atoms with Gasteiger partial charge in [0.2, 0.25) is 0 Å². The molecular weight excluding hydrogens is 172 g/mol. The molecule has 2 aliphatic carbocycles. The van der Waals surface area contributed by atoms with Crippen molar-refractivity contribution in [3.8, 4) is 0 Å². The van der Waals surface area contributed by atoms with Crippen LogP contribution in [-0.2, 0) is 4.74 Å². The smallest absolute Gasteiger partial charge is 0.0924 e. The number of fused-ring (bicyclic) bond motifs is 1. The summed E-state index contributed by atoms with van der Waals surface area (Å²) < 4.78 is 6.32. The highest BCUT2D eigenvalue weighted by Gasteiger charge is 2.54. The predicted molar refractivity (Wildman–Crippen MR) is 57.1 cm³/mol. The van der Waals surface area contributed by atoms with Crippen LogP contribution in [0.3, 0.4) is 0 Å². The van der Waals surface area contributed by atoms with Gasteiger partial charge in [0.1, 0.15) is 0 Å². The van der Waals surface area contributed by atoms with E-state index in [0.717, 1.165) is 11.8 Å². The van der Waals surface area contributed by atoms with Crippen LogP contribution < -0.4 is 0 Å². The summed E-state index contributed by atoms with van der Waals surface area (Å²) in [4.78, 5) is 0. The van der Waals surface area contributed by atoms with Crippen LogP contribution in [0.25, 0.3) is 0 Å². The quantitative estimate of drug-likeness (QED) is 0.535. The Morgan fingerprint density at radius 2 is 2.21 bits per heavy atom. The number of allylic oxidation sites excluding steroid dienone is 1. The first kappa shape index (κ1) is 8.96. The maximum atomic E-state index is 6.32. The van der Waals surface area contributed by atoms with Gasteiger partial charge in [0.05, 0.1) is 11.7 Å². The van der Waals surface area contributed by atoms with E-state index in [-0.39, 0.29) is 5.60 Å². The molecule has 14 heavy (non-hydrogen) atoms. The summed E-state index contributed by atoms with van der Waals surface area (Å²) >= 11 is 0. The third-order valence-corrected chi connectivity index (χ3v) is 4.80. The van der Waals surface area contributed by atoms with Gasteiger partial charge in [0, 0.05) is 0 Å². The topological polar surface area (TPSA) is 9.23 Å². The minimum Gasteiger partial charge on any atom is -0.367 e. The highest BCUT2D eigenvalue weighted by atomic mass is 16.5. The third-order valence-electron chi connectivity index (χ3n) is 4.80. The van der Waals surface area contributed by atoms with Gasteiger partial charge >= 0.3 is 0 Å². The summed E-state index contributed by atoms with van der Waals surface area (Å²) in [5, 5.41) is 0. The van der Waals surface area contributed by atoms with Crippen LogP contribution in [0, 0.1) is 11.8 Å². The van der Waals surface area contributed by atoms with E-state index in [4.69, 9.17) is 4.74 Å². The largest absolute Gasteiger partial charge is 0.367 e. The van der Waals surface area contributed by atoms with Gasteiger partial charge in [-0.15, -0.1) is 0 Å². The number of ether oxygens (including phenoxy) is 1. The zero-order valence-electron chi connectivity index (χ0n) is 9.25. The average molecular weight is 192 g/mol. The summed E-state index contributed by atoms with van der Waals surface area (Å²) in [7, 11) is 0. The highest BCUT2D eigenvalue weighted by Crippen LogP contribution is 2.55. The molecule has 2 fully saturated rings. The van der Waals surface area contributed by atoms with E-state index in [2.05, 4.69) is 19.9 Å². The second kappa shape index (κ2) is 2.85. The van der Waals surface area contributed by atoms with E-state index in [1.54, 1.807) is 0 Å². The van der Waals surface area contributed by atoms with Gasteiger partial charge in [-0.05, 0) is 63.4 Å². The Hall–Kier alpha value is -0.300. The predicted octanol–water partition coefficient (Wildman–Crippen LogP) is 3.30. The molecule has 0 aromatic heterocycles. The summed E-state index contributed by atoms with van der Waals surface area (Å²) in [5.41, 5.74) is 1.71. The summed E-state index contributed by atoms with van der Waals surface area (Å²) in [6.45, 7) is 4.55. The first-order valence-corrected chi connectivity index (χ1v) is 6.07. The fraction of sp³-hybridized carbons (Fsp3) is 0.846. The molecule has 1 aliphatic heterocycles. The molecule has 0 aromatic rings. The van der Waals surface area contributed by atoms with Crippen LogP contribution in [0.1, 0.15) is 46.0 Å². The van der Waals surface area contributed by atoms with Crippen molar-refractivity contribution in [2.24, 2.45) is 11.8 Å². The van der Waals surface area contributed by atoms with Crippen LogP contribution in [0.15, 0.2) is 11.6 Å². The Balaban J connectivity index is 2.01. The molecule has 1 heteroatoms. The first-order chi connectivity index (χ1) is 6.72. The Labute approximate surface area is 86.5 Å². The van der Waals surface area contributed by atoms with Crippen molar-refractivity contribution in [2.45, 2.75) is 57.7 Å². The first-order valence-electron chi connectivity index (χ1n) is 6.07. The summed E-state index contributed by atoms with van der Waals surface area (Å²) in [6, 6.07) is 0. The Kier molecular flexibility index (Phi) is 1.82. The normalized spacial score (nSPS) is 51.3. The molecule has 78 valence electrons. The van der Waals surface area contributed by atoms with Crippen LogP contribution in [0.4, 0.5) is 0 Å².